The van der Waals surface area contributed by atoms with Crippen LogP contribution in [0.15, 0.2) is 0 Å². The van der Waals surface area contributed by atoms with Gasteiger partial charge in [-0.2, -0.15) is 0 Å². The summed E-state index contributed by atoms with van der Waals surface area (Å²) in [5.41, 5.74) is 5.89. The number of nitrogens with two attached hydrogens (primary N) is 1. The average Bonchev–Trinajstić information content (AvgIpc) is 2.36. The van der Waals surface area contributed by atoms with Gasteiger partial charge in [0.15, 0.2) is 0 Å². The zero-order valence-corrected chi connectivity index (χ0v) is 14.4. The van der Waals surface area contributed by atoms with E-state index >= 15 is 0 Å². The Morgan fingerprint density at radius 2 is 1.59 bits per heavy atom. The SMILES string of the molecule is CC.NC1CCN(CC2CC[N-]CC2)CC1.[Y]. The molecule has 0 unspecified atom stereocenters. The Balaban J connectivity index is 0.000000811. The number of hydrogen-bond donors (Lipinski definition) is 1. The molecular weight excluding hydrogens is 287 g/mol. The first kappa shape index (κ1) is 18.0. The van der Waals surface area contributed by atoms with Crippen molar-refractivity contribution in [3.05, 3.63) is 5.32 Å². The number of nitrogens with zero attached hydrogens (tertiary/aromatic N) is 2. The van der Waals surface area contributed by atoms with E-state index in [2.05, 4.69) is 10.2 Å². The van der Waals surface area contributed by atoms with Gasteiger partial charge in [-0.25, -0.2) is 0 Å². The second-order valence-electron chi connectivity index (χ2n) is 4.75. The fourth-order valence-corrected chi connectivity index (χ4v) is 2.49. The van der Waals surface area contributed by atoms with Crippen molar-refractivity contribution >= 4 is 0 Å². The molecule has 2 N–H and O–H groups in total. The van der Waals surface area contributed by atoms with Crippen LogP contribution >= 0.6 is 0 Å². The molecule has 2 saturated heterocycles. The number of rotatable bonds is 2. The maximum absolute atomic E-state index is 5.89. The predicted octanol–water partition coefficient (Wildman–Crippen LogP) is 2.22. The van der Waals surface area contributed by atoms with E-state index in [4.69, 9.17) is 5.73 Å². The molecule has 0 spiro atoms. The molecule has 17 heavy (non-hydrogen) atoms. The molecule has 0 aliphatic carbocycles. The monoisotopic (exact) mass is 315 g/mol. The van der Waals surface area contributed by atoms with Gasteiger partial charge < -0.3 is 16.0 Å². The molecule has 2 aliphatic heterocycles. The third kappa shape index (κ3) is 7.22. The minimum absolute atomic E-state index is 0. The molecule has 2 rings (SSSR count). The summed E-state index contributed by atoms with van der Waals surface area (Å²) in [7, 11) is 0. The largest absolute Gasteiger partial charge is 0.662 e. The van der Waals surface area contributed by atoms with Gasteiger partial charge in [0.05, 0.1) is 0 Å². The van der Waals surface area contributed by atoms with Crippen molar-refractivity contribution < 1.29 is 32.7 Å². The Bertz CT molecular complexity index is 164. The van der Waals surface area contributed by atoms with E-state index < -0.39 is 0 Å². The van der Waals surface area contributed by atoms with Crippen LogP contribution in [0, 0.1) is 5.92 Å². The summed E-state index contributed by atoms with van der Waals surface area (Å²) in [6.45, 7) is 9.92. The Hall–Kier alpha value is 0.984. The zero-order chi connectivity index (χ0) is 11.8. The van der Waals surface area contributed by atoms with Crippen LogP contribution in [0.5, 0.6) is 0 Å². The van der Waals surface area contributed by atoms with Crippen molar-refractivity contribution in [2.75, 3.05) is 32.7 Å². The van der Waals surface area contributed by atoms with Gasteiger partial charge in [-0.1, -0.05) is 26.7 Å². The van der Waals surface area contributed by atoms with E-state index in [-0.39, 0.29) is 32.7 Å². The van der Waals surface area contributed by atoms with Crippen LogP contribution in [0.25, 0.3) is 5.32 Å². The van der Waals surface area contributed by atoms with Crippen molar-refractivity contribution in [3.8, 4) is 0 Å². The molecule has 2 heterocycles. The third-order valence-electron chi connectivity index (χ3n) is 3.54. The van der Waals surface area contributed by atoms with Gasteiger partial charge >= 0.3 is 0 Å². The van der Waals surface area contributed by atoms with Crippen LogP contribution in [-0.4, -0.2) is 43.7 Å². The van der Waals surface area contributed by atoms with E-state index in [1.807, 2.05) is 13.8 Å². The first-order valence-corrected chi connectivity index (χ1v) is 6.96. The molecule has 0 atom stereocenters. The number of likely N-dealkylation sites (tertiary alicyclic amines) is 1. The predicted molar refractivity (Wildman–Crippen MR) is 70.8 cm³/mol. The summed E-state index contributed by atoms with van der Waals surface area (Å²) in [5, 5.41) is 4.39. The van der Waals surface area contributed by atoms with E-state index in [9.17, 15) is 0 Å². The van der Waals surface area contributed by atoms with Crippen molar-refractivity contribution in [2.45, 2.75) is 45.6 Å². The summed E-state index contributed by atoms with van der Waals surface area (Å²) in [6.07, 6.45) is 5.00. The van der Waals surface area contributed by atoms with E-state index in [1.165, 1.54) is 45.3 Å². The van der Waals surface area contributed by atoms with Gasteiger partial charge in [-0.3, -0.25) is 0 Å². The smallest absolute Gasteiger partial charge is 0.00631 e. The maximum Gasteiger partial charge on any atom is 0.00631 e. The molecule has 0 aromatic rings. The van der Waals surface area contributed by atoms with Crippen molar-refractivity contribution in [1.82, 2.24) is 4.90 Å². The van der Waals surface area contributed by atoms with Crippen LogP contribution in [0.4, 0.5) is 0 Å². The topological polar surface area (TPSA) is 43.4 Å². The van der Waals surface area contributed by atoms with Crippen LogP contribution in [0.2, 0.25) is 0 Å². The number of piperidine rings is 2. The molecule has 99 valence electrons. The van der Waals surface area contributed by atoms with E-state index in [1.54, 1.807) is 0 Å². The summed E-state index contributed by atoms with van der Waals surface area (Å²) < 4.78 is 0. The van der Waals surface area contributed by atoms with Gasteiger partial charge in [0.1, 0.15) is 0 Å². The molecule has 0 aromatic carbocycles. The minimum Gasteiger partial charge on any atom is -0.662 e. The van der Waals surface area contributed by atoms with Gasteiger partial charge in [0.2, 0.25) is 0 Å². The van der Waals surface area contributed by atoms with Crippen molar-refractivity contribution in [3.63, 3.8) is 0 Å². The molecule has 0 bridgehead atoms. The van der Waals surface area contributed by atoms with Gasteiger partial charge in [-0.15, -0.1) is 13.1 Å². The fraction of sp³-hybridized carbons (Fsp3) is 1.00. The fourth-order valence-electron chi connectivity index (χ4n) is 2.49. The molecule has 3 nitrogen and oxygen atoms in total. The van der Waals surface area contributed by atoms with Crippen LogP contribution in [0.3, 0.4) is 0 Å². The van der Waals surface area contributed by atoms with Crippen LogP contribution in [0.1, 0.15) is 39.5 Å². The Kier molecular flexibility index (Phi) is 11.5. The first-order valence-electron chi connectivity index (χ1n) is 6.96. The number of hydrogen-bond acceptors (Lipinski definition) is 2. The second-order valence-corrected chi connectivity index (χ2v) is 4.75. The van der Waals surface area contributed by atoms with Crippen LogP contribution < -0.4 is 5.73 Å². The van der Waals surface area contributed by atoms with Crippen molar-refractivity contribution in [2.24, 2.45) is 11.7 Å². The molecule has 4 heteroatoms. The summed E-state index contributed by atoms with van der Waals surface area (Å²) in [4.78, 5) is 2.60. The Labute approximate surface area is 132 Å². The van der Waals surface area contributed by atoms with E-state index in [0.717, 1.165) is 19.0 Å². The Morgan fingerprint density at radius 3 is 2.12 bits per heavy atom. The van der Waals surface area contributed by atoms with Crippen molar-refractivity contribution in [1.29, 1.82) is 0 Å². The second kappa shape index (κ2) is 10.9. The molecule has 1 radical (unpaired) electrons. The summed E-state index contributed by atoms with van der Waals surface area (Å²) in [5.74, 6) is 0.904. The molecule has 2 fully saturated rings. The summed E-state index contributed by atoms with van der Waals surface area (Å²) >= 11 is 0. The first-order chi connectivity index (χ1) is 7.84. The molecular formula is C13H28N3Y-. The zero-order valence-electron chi connectivity index (χ0n) is 11.6. The maximum atomic E-state index is 5.89. The minimum atomic E-state index is 0. The average molecular weight is 315 g/mol. The quantitative estimate of drug-likeness (QED) is 0.849. The molecule has 0 amide bonds. The van der Waals surface area contributed by atoms with Crippen LogP contribution in [-0.2, 0) is 32.7 Å². The molecule has 2 aliphatic rings. The van der Waals surface area contributed by atoms with Gasteiger partial charge in [0, 0.05) is 45.3 Å². The normalized spacial score (nSPS) is 23.5. The standard InChI is InChI=1S/C11H22N3.C2H6.Y/c12-11-3-7-14(8-4-11)9-10-1-5-13-6-2-10;1-2;/h10-11H,1-9,12H2;1-2H3;/q-1;;. The van der Waals surface area contributed by atoms with Gasteiger partial charge in [0.25, 0.3) is 0 Å². The van der Waals surface area contributed by atoms with Gasteiger partial charge in [-0.05, 0) is 31.8 Å². The molecule has 0 saturated carbocycles. The van der Waals surface area contributed by atoms with E-state index in [0.29, 0.717) is 6.04 Å². The Morgan fingerprint density at radius 1 is 1.06 bits per heavy atom. The molecule has 0 aromatic heterocycles. The third-order valence-corrected chi connectivity index (χ3v) is 3.54. The summed E-state index contributed by atoms with van der Waals surface area (Å²) in [6, 6.07) is 0.465.